The third-order valence-electron chi connectivity index (χ3n) is 4.68. The monoisotopic (exact) mass is 465 g/mol. The van der Waals surface area contributed by atoms with E-state index in [4.69, 9.17) is 10.5 Å². The van der Waals surface area contributed by atoms with E-state index < -0.39 is 15.9 Å². The molecule has 1 amide bonds. The van der Waals surface area contributed by atoms with Crippen LogP contribution in [0.1, 0.15) is 10.4 Å². The number of rotatable bonds is 7. The normalized spacial score (nSPS) is 11.2. The van der Waals surface area contributed by atoms with E-state index in [9.17, 15) is 13.2 Å². The number of amides is 1. The maximum Gasteiger partial charge on any atom is 0.261 e. The van der Waals surface area contributed by atoms with Gasteiger partial charge >= 0.3 is 0 Å². The third kappa shape index (κ3) is 4.48. The molecular formula is C23H19N3O4S2. The van der Waals surface area contributed by atoms with Crippen LogP contribution in [-0.2, 0) is 10.0 Å². The number of ether oxygens (including phenoxy) is 1. The number of anilines is 1. The van der Waals surface area contributed by atoms with Crippen molar-refractivity contribution in [2.75, 3.05) is 11.8 Å². The Morgan fingerprint density at radius 2 is 1.75 bits per heavy atom. The first-order valence-corrected chi connectivity index (χ1v) is 11.9. The fourth-order valence-electron chi connectivity index (χ4n) is 3.12. The van der Waals surface area contributed by atoms with Crippen molar-refractivity contribution in [3.05, 3.63) is 83.7 Å². The number of carbonyl (C=O) groups excluding carboxylic acids is 1. The number of hydrogen-bond donors (Lipinski definition) is 2. The predicted octanol–water partition coefficient (Wildman–Crippen LogP) is 4.39. The van der Waals surface area contributed by atoms with Gasteiger partial charge in [0.1, 0.15) is 10.8 Å². The van der Waals surface area contributed by atoms with Crippen LogP contribution in [0.5, 0.6) is 5.75 Å². The summed E-state index contributed by atoms with van der Waals surface area (Å²) in [6, 6.07) is 20.7. The van der Waals surface area contributed by atoms with Crippen LogP contribution in [0, 0.1) is 0 Å². The number of sulfonamides is 1. The van der Waals surface area contributed by atoms with Crippen molar-refractivity contribution < 1.29 is 17.9 Å². The standard InChI is InChI=1S/C23H19N3O4S2/c1-30-21-11-10-18(13-19(21)22(24)27)32(28,29)26-17-9-5-8-16(12-17)20-14-31-23(25-20)15-6-3-2-4-7-15/h2-14,26H,1H3,(H2,24,27). The lowest BCUT2D eigenvalue weighted by molar-refractivity contribution is 0.0997. The zero-order chi connectivity index (χ0) is 22.7. The van der Waals surface area contributed by atoms with E-state index in [1.54, 1.807) is 18.2 Å². The van der Waals surface area contributed by atoms with Crippen LogP contribution in [0.25, 0.3) is 21.8 Å². The molecule has 0 aliphatic rings. The molecule has 1 heterocycles. The summed E-state index contributed by atoms with van der Waals surface area (Å²) in [5.41, 5.74) is 8.24. The van der Waals surface area contributed by atoms with Gasteiger partial charge < -0.3 is 10.5 Å². The number of hydrogen-bond acceptors (Lipinski definition) is 6. The van der Waals surface area contributed by atoms with Crippen LogP contribution in [0.3, 0.4) is 0 Å². The van der Waals surface area contributed by atoms with E-state index >= 15 is 0 Å². The Morgan fingerprint density at radius 3 is 2.47 bits per heavy atom. The van der Waals surface area contributed by atoms with E-state index in [0.717, 1.165) is 21.8 Å². The highest BCUT2D eigenvalue weighted by Gasteiger charge is 2.19. The van der Waals surface area contributed by atoms with Crippen molar-refractivity contribution in [2.45, 2.75) is 4.90 Å². The minimum absolute atomic E-state index is 0.0139. The van der Waals surface area contributed by atoms with Crippen LogP contribution in [-0.4, -0.2) is 26.4 Å². The molecule has 0 bridgehead atoms. The van der Waals surface area contributed by atoms with Crippen molar-refractivity contribution in [3.8, 4) is 27.6 Å². The number of benzene rings is 3. The topological polar surface area (TPSA) is 111 Å². The van der Waals surface area contributed by atoms with Gasteiger partial charge in [0, 0.05) is 22.2 Å². The highest BCUT2D eigenvalue weighted by atomic mass is 32.2. The molecule has 0 spiro atoms. The lowest BCUT2D eigenvalue weighted by atomic mass is 10.1. The van der Waals surface area contributed by atoms with Gasteiger partial charge in [-0.3, -0.25) is 9.52 Å². The van der Waals surface area contributed by atoms with Gasteiger partial charge in [-0.2, -0.15) is 0 Å². The summed E-state index contributed by atoms with van der Waals surface area (Å²) >= 11 is 1.52. The van der Waals surface area contributed by atoms with E-state index in [1.807, 2.05) is 41.8 Å². The highest BCUT2D eigenvalue weighted by molar-refractivity contribution is 7.92. The predicted molar refractivity (Wildman–Crippen MR) is 125 cm³/mol. The SMILES string of the molecule is COc1ccc(S(=O)(=O)Nc2cccc(-c3csc(-c4ccccc4)n3)c2)cc1C(N)=O. The van der Waals surface area contributed by atoms with Gasteiger partial charge in [-0.25, -0.2) is 13.4 Å². The molecule has 162 valence electrons. The molecule has 4 rings (SSSR count). The number of nitrogens with zero attached hydrogens (tertiary/aromatic N) is 1. The van der Waals surface area contributed by atoms with Crippen molar-refractivity contribution in [1.29, 1.82) is 0 Å². The fourth-order valence-corrected chi connectivity index (χ4v) is 5.03. The first-order valence-electron chi connectivity index (χ1n) is 9.49. The lowest BCUT2D eigenvalue weighted by Crippen LogP contribution is -2.16. The van der Waals surface area contributed by atoms with E-state index in [0.29, 0.717) is 5.69 Å². The molecular weight excluding hydrogens is 446 g/mol. The molecule has 4 aromatic rings. The second kappa shape index (κ2) is 8.81. The average molecular weight is 466 g/mol. The Bertz CT molecular complexity index is 1380. The number of nitrogens with two attached hydrogens (primary N) is 1. The minimum atomic E-state index is -3.96. The molecule has 0 fully saturated rings. The Labute approximate surface area is 189 Å². The quantitative estimate of drug-likeness (QED) is 0.421. The molecule has 9 heteroatoms. The molecule has 7 nitrogen and oxygen atoms in total. The first-order chi connectivity index (χ1) is 15.4. The van der Waals surface area contributed by atoms with Crippen LogP contribution < -0.4 is 15.2 Å². The van der Waals surface area contributed by atoms with Crippen LogP contribution in [0.4, 0.5) is 5.69 Å². The zero-order valence-corrected chi connectivity index (χ0v) is 18.6. The van der Waals surface area contributed by atoms with Crippen molar-refractivity contribution in [2.24, 2.45) is 5.73 Å². The summed E-state index contributed by atoms with van der Waals surface area (Å²) in [6.45, 7) is 0. The molecule has 1 aromatic heterocycles. The largest absolute Gasteiger partial charge is 0.496 e. The van der Waals surface area contributed by atoms with Gasteiger partial charge in [0.25, 0.3) is 15.9 Å². The van der Waals surface area contributed by atoms with Gasteiger partial charge in [-0.15, -0.1) is 11.3 Å². The molecule has 0 saturated heterocycles. The summed E-state index contributed by atoms with van der Waals surface area (Å²) in [5.74, 6) is -0.574. The van der Waals surface area contributed by atoms with E-state index in [2.05, 4.69) is 9.71 Å². The molecule has 0 radical (unpaired) electrons. The summed E-state index contributed by atoms with van der Waals surface area (Å²) in [6.07, 6.45) is 0. The molecule has 0 aliphatic heterocycles. The molecule has 0 unspecified atom stereocenters. The number of primary amides is 1. The minimum Gasteiger partial charge on any atom is -0.496 e. The number of thiazole rings is 1. The van der Waals surface area contributed by atoms with Gasteiger partial charge in [-0.1, -0.05) is 42.5 Å². The second-order valence-corrected chi connectivity index (χ2v) is 9.36. The Kier molecular flexibility index (Phi) is 5.93. The summed E-state index contributed by atoms with van der Waals surface area (Å²) in [5, 5.41) is 2.81. The summed E-state index contributed by atoms with van der Waals surface area (Å²) in [7, 11) is -2.59. The third-order valence-corrected chi connectivity index (χ3v) is 6.95. The summed E-state index contributed by atoms with van der Waals surface area (Å²) < 4.78 is 33.4. The first kappa shape index (κ1) is 21.5. The molecule has 0 atom stereocenters. The maximum atomic E-state index is 12.9. The molecule has 32 heavy (non-hydrogen) atoms. The molecule has 0 aliphatic carbocycles. The van der Waals surface area contributed by atoms with E-state index in [-0.39, 0.29) is 16.2 Å². The Balaban J connectivity index is 1.61. The smallest absolute Gasteiger partial charge is 0.261 e. The van der Waals surface area contributed by atoms with Gasteiger partial charge in [0.05, 0.1) is 23.3 Å². The Morgan fingerprint density at radius 1 is 1.00 bits per heavy atom. The second-order valence-electron chi connectivity index (χ2n) is 6.82. The number of carbonyl (C=O) groups is 1. The molecule has 3 aromatic carbocycles. The zero-order valence-electron chi connectivity index (χ0n) is 17.0. The summed E-state index contributed by atoms with van der Waals surface area (Å²) in [4.78, 5) is 16.2. The number of nitrogens with one attached hydrogen (secondary N) is 1. The number of aromatic nitrogens is 1. The van der Waals surface area contributed by atoms with Crippen molar-refractivity contribution in [1.82, 2.24) is 4.98 Å². The molecule has 3 N–H and O–H groups in total. The lowest BCUT2D eigenvalue weighted by Gasteiger charge is -2.11. The van der Waals surface area contributed by atoms with Crippen LogP contribution >= 0.6 is 11.3 Å². The van der Waals surface area contributed by atoms with Gasteiger partial charge in [-0.05, 0) is 30.3 Å². The number of methoxy groups -OCH3 is 1. The van der Waals surface area contributed by atoms with Crippen molar-refractivity contribution >= 4 is 33.0 Å². The molecule has 0 saturated carbocycles. The fraction of sp³-hybridized carbons (Fsp3) is 0.0435. The highest BCUT2D eigenvalue weighted by Crippen LogP contribution is 2.30. The van der Waals surface area contributed by atoms with Crippen molar-refractivity contribution in [3.63, 3.8) is 0 Å². The van der Waals surface area contributed by atoms with Crippen LogP contribution in [0.15, 0.2) is 83.1 Å². The van der Waals surface area contributed by atoms with Gasteiger partial charge in [0.2, 0.25) is 0 Å². The maximum absolute atomic E-state index is 12.9. The van der Waals surface area contributed by atoms with Crippen LogP contribution in [0.2, 0.25) is 0 Å². The van der Waals surface area contributed by atoms with Gasteiger partial charge in [0.15, 0.2) is 0 Å². The Hall–Kier alpha value is -3.69. The average Bonchev–Trinajstić information content (AvgIpc) is 3.29. The van der Waals surface area contributed by atoms with E-state index in [1.165, 1.54) is 36.6 Å².